The van der Waals surface area contributed by atoms with Crippen molar-refractivity contribution in [3.05, 3.63) is 18.7 Å². The second kappa shape index (κ2) is 17.6. The van der Waals surface area contributed by atoms with Gasteiger partial charge in [0.25, 0.3) is 6.04 Å². The van der Waals surface area contributed by atoms with Crippen LogP contribution in [0.2, 0.25) is 0 Å². The van der Waals surface area contributed by atoms with Crippen LogP contribution < -0.4 is 4.57 Å². The van der Waals surface area contributed by atoms with Gasteiger partial charge in [0.15, 0.2) is 0 Å². The molecule has 0 amide bonds. The first kappa shape index (κ1) is 30.0. The second-order valence-electron chi connectivity index (χ2n) is 7.20. The molecule has 0 aromatic carbocycles. The van der Waals surface area contributed by atoms with Crippen molar-refractivity contribution in [3.8, 4) is 0 Å². The minimum absolute atomic E-state index is 0.0258. The molecule has 0 aliphatic carbocycles. The second-order valence-corrected chi connectivity index (χ2v) is 8.25. The van der Waals surface area contributed by atoms with E-state index in [1.54, 1.807) is 37.3 Å². The summed E-state index contributed by atoms with van der Waals surface area (Å²) in [7, 11) is -2.66. The van der Waals surface area contributed by atoms with E-state index < -0.39 is 28.4 Å². The summed E-state index contributed by atoms with van der Waals surface area (Å²) in [6.07, 6.45) is 12.9. The number of esters is 2. The molecule has 0 saturated carbocycles. The maximum Gasteiger partial charge on any atom is 0.363 e. The molecule has 32 heavy (non-hydrogen) atoms. The van der Waals surface area contributed by atoms with E-state index >= 15 is 0 Å². The highest BCUT2D eigenvalue weighted by molar-refractivity contribution is 7.80. The maximum atomic E-state index is 12.0. The van der Waals surface area contributed by atoms with E-state index in [0.717, 1.165) is 25.7 Å². The van der Waals surface area contributed by atoms with Crippen molar-refractivity contribution in [3.63, 3.8) is 0 Å². The first-order chi connectivity index (χ1) is 15.2. The van der Waals surface area contributed by atoms with E-state index in [0.29, 0.717) is 13.0 Å². The molecule has 0 aliphatic rings. The van der Waals surface area contributed by atoms with Gasteiger partial charge in [-0.25, -0.2) is 27.1 Å². The van der Waals surface area contributed by atoms with E-state index in [1.165, 1.54) is 23.8 Å². The Kier molecular flexibility index (Phi) is 16.5. The number of aromatic nitrogens is 2. The average molecular weight is 479 g/mol. The first-order valence-corrected chi connectivity index (χ1v) is 12.5. The third-order valence-electron chi connectivity index (χ3n) is 4.29. The van der Waals surface area contributed by atoms with Crippen molar-refractivity contribution in [2.45, 2.75) is 78.2 Å². The largest absolute Gasteiger partial charge is 0.726 e. The number of imidazole rings is 1. The molecular weight excluding hydrogens is 440 g/mol. The first-order valence-electron chi connectivity index (χ1n) is 11.1. The summed E-state index contributed by atoms with van der Waals surface area (Å²) >= 11 is 0. The Morgan fingerprint density at radius 2 is 1.53 bits per heavy atom. The van der Waals surface area contributed by atoms with Crippen molar-refractivity contribution >= 4 is 22.3 Å². The summed E-state index contributed by atoms with van der Waals surface area (Å²) in [6.45, 7) is 6.41. The molecule has 10 nitrogen and oxygen atoms in total. The fraction of sp³-hybridized carbons (Fsp3) is 0.762. The van der Waals surface area contributed by atoms with Gasteiger partial charge < -0.3 is 14.0 Å². The van der Waals surface area contributed by atoms with Crippen molar-refractivity contribution in [2.75, 3.05) is 19.8 Å². The van der Waals surface area contributed by atoms with E-state index in [1.807, 2.05) is 6.92 Å². The predicted octanol–water partition coefficient (Wildman–Crippen LogP) is 2.58. The summed E-state index contributed by atoms with van der Waals surface area (Å²) in [5.74, 6) is -1.18. The minimum Gasteiger partial charge on any atom is -0.726 e. The van der Waals surface area contributed by atoms with Crippen LogP contribution in [0.1, 0.15) is 78.2 Å². The van der Waals surface area contributed by atoms with Gasteiger partial charge >= 0.3 is 11.9 Å². The molecular formula is C21H38N2O8S. The Balaban J connectivity index is 0.000000649. The van der Waals surface area contributed by atoms with E-state index in [4.69, 9.17) is 9.47 Å². The summed E-state index contributed by atoms with van der Waals surface area (Å²) in [4.78, 5) is 23.9. The topological polar surface area (TPSA) is 128 Å². The van der Waals surface area contributed by atoms with Crippen LogP contribution >= 0.6 is 0 Å². The molecule has 0 N–H and O–H groups in total. The standard InChI is InChI=1S/C13H21N2O4.C8H18O4S/c1-4-6-9-19-13(17)11(12(16)18-5-2)15-8-7-14(3)10-15;1-2-3-4-5-6-7-8-12-13(9,10)11/h7-8,10-11H,4-6,9H2,1-3H3;2-8H2,1H3,(H,9,10,11)/q+1;/p-1. The normalized spacial score (nSPS) is 11.9. The molecule has 0 saturated heterocycles. The summed E-state index contributed by atoms with van der Waals surface area (Å²) in [5, 5.41) is 0. The number of aryl methyl sites for hydroxylation is 1. The van der Waals surface area contributed by atoms with E-state index in [-0.39, 0.29) is 13.2 Å². The molecule has 0 radical (unpaired) electrons. The molecule has 0 fully saturated rings. The van der Waals surface area contributed by atoms with Crippen molar-refractivity contribution in [2.24, 2.45) is 7.05 Å². The smallest absolute Gasteiger partial charge is 0.363 e. The Morgan fingerprint density at radius 3 is 2.06 bits per heavy atom. The molecule has 1 unspecified atom stereocenters. The molecule has 0 bridgehead atoms. The third-order valence-corrected chi connectivity index (χ3v) is 4.74. The summed E-state index contributed by atoms with van der Waals surface area (Å²) < 4.78 is 47.3. The van der Waals surface area contributed by atoms with Crippen LogP contribution in [-0.4, -0.2) is 49.3 Å². The van der Waals surface area contributed by atoms with Crippen LogP contribution in [0.4, 0.5) is 0 Å². The van der Waals surface area contributed by atoms with Gasteiger partial charge in [0, 0.05) is 0 Å². The molecule has 1 atom stereocenters. The van der Waals surface area contributed by atoms with Gasteiger partial charge in [-0.2, -0.15) is 0 Å². The highest BCUT2D eigenvalue weighted by Gasteiger charge is 2.36. The summed E-state index contributed by atoms with van der Waals surface area (Å²) in [5.41, 5.74) is 0. The highest BCUT2D eigenvalue weighted by Crippen LogP contribution is 2.06. The average Bonchev–Trinajstić information content (AvgIpc) is 3.13. The molecule has 0 aliphatic heterocycles. The highest BCUT2D eigenvalue weighted by atomic mass is 32.3. The molecule has 0 spiro atoms. The zero-order valence-electron chi connectivity index (χ0n) is 19.7. The van der Waals surface area contributed by atoms with Gasteiger partial charge in [-0.3, -0.25) is 4.18 Å². The number of carbonyl (C=O) groups is 2. The van der Waals surface area contributed by atoms with Crippen LogP contribution in [-0.2, 0) is 40.7 Å². The predicted molar refractivity (Wildman–Crippen MR) is 116 cm³/mol. The zero-order chi connectivity index (χ0) is 24.4. The number of hydrogen-bond donors (Lipinski definition) is 0. The Morgan fingerprint density at radius 1 is 0.938 bits per heavy atom. The lowest BCUT2D eigenvalue weighted by atomic mass is 10.1. The number of hydrogen-bond acceptors (Lipinski definition) is 8. The Hall–Kier alpha value is -1.98. The lowest BCUT2D eigenvalue weighted by Crippen LogP contribution is -2.48. The molecule has 11 heteroatoms. The minimum atomic E-state index is -4.47. The van der Waals surface area contributed by atoms with Crippen LogP contribution in [0.25, 0.3) is 0 Å². The third kappa shape index (κ3) is 14.9. The number of ether oxygens (including phenoxy) is 2. The van der Waals surface area contributed by atoms with Gasteiger partial charge in [-0.05, 0) is 19.8 Å². The number of carbonyl (C=O) groups excluding carboxylic acids is 2. The number of unbranched alkanes of at least 4 members (excludes halogenated alkanes) is 6. The van der Waals surface area contributed by atoms with E-state index in [2.05, 4.69) is 11.1 Å². The SMILES string of the molecule is CCCCCCCCOS(=O)(=O)[O-].CCCCOC(=O)C(C(=O)OCC)[n+]1ccn(C)c1. The molecule has 1 aromatic rings. The van der Waals surface area contributed by atoms with Crippen LogP contribution in [0, 0.1) is 0 Å². The van der Waals surface area contributed by atoms with Crippen LogP contribution in [0.15, 0.2) is 18.7 Å². The number of nitrogens with zero attached hydrogens (tertiary/aromatic N) is 2. The van der Waals surface area contributed by atoms with Crippen molar-refractivity contribution in [1.82, 2.24) is 4.57 Å². The molecule has 1 heterocycles. The molecule has 1 aromatic heterocycles. The van der Waals surface area contributed by atoms with Gasteiger partial charge in [0.1, 0.15) is 12.4 Å². The molecule has 186 valence electrons. The summed E-state index contributed by atoms with van der Waals surface area (Å²) in [6, 6.07) is -1.07. The molecule has 1 rings (SSSR count). The quantitative estimate of drug-likeness (QED) is 0.0939. The Labute approximate surface area is 191 Å². The van der Waals surface area contributed by atoms with Crippen molar-refractivity contribution < 1.29 is 40.8 Å². The van der Waals surface area contributed by atoms with Crippen LogP contribution in [0.5, 0.6) is 0 Å². The van der Waals surface area contributed by atoms with Crippen molar-refractivity contribution in [1.29, 1.82) is 0 Å². The van der Waals surface area contributed by atoms with Gasteiger partial charge in [0.05, 0.1) is 26.9 Å². The zero-order valence-corrected chi connectivity index (χ0v) is 20.5. The van der Waals surface area contributed by atoms with Gasteiger partial charge in [-0.1, -0.05) is 52.4 Å². The van der Waals surface area contributed by atoms with Gasteiger partial charge in [-0.15, -0.1) is 0 Å². The Bertz CT molecular complexity index is 749. The lowest BCUT2D eigenvalue weighted by Gasteiger charge is -2.11. The van der Waals surface area contributed by atoms with E-state index in [9.17, 15) is 22.6 Å². The fourth-order valence-corrected chi connectivity index (χ4v) is 2.94. The fourth-order valence-electron chi connectivity index (χ4n) is 2.62. The monoisotopic (exact) mass is 478 g/mol. The lowest BCUT2D eigenvalue weighted by molar-refractivity contribution is -0.698. The van der Waals surface area contributed by atoms with Gasteiger partial charge in [0.2, 0.25) is 16.7 Å². The number of rotatable bonds is 15. The van der Waals surface area contributed by atoms with Crippen LogP contribution in [0.3, 0.4) is 0 Å². The maximum absolute atomic E-state index is 12.0.